The van der Waals surface area contributed by atoms with Crippen LogP contribution in [0.2, 0.25) is 5.02 Å². The molecular weight excluding hydrogens is 546 g/mol. The predicted octanol–water partition coefficient (Wildman–Crippen LogP) is 3.43. The molecule has 0 aliphatic carbocycles. The second-order valence-corrected chi connectivity index (χ2v) is 10.5. The highest BCUT2D eigenvalue weighted by Gasteiger charge is 2.28. The molecule has 1 aliphatic rings. The zero-order valence-corrected chi connectivity index (χ0v) is 21.1. The largest absolute Gasteiger partial charge is 0.505 e. The number of fused-ring (bicyclic) bond motifs is 6. The number of aliphatic hydroxyl groups excluding tert-OH is 1. The van der Waals surface area contributed by atoms with E-state index in [2.05, 4.69) is 0 Å². The van der Waals surface area contributed by atoms with Crippen LogP contribution in [-0.4, -0.2) is 62.0 Å². The number of benzene rings is 3. The standard InChI is InChI=1S/C25H21ClF2N2O7S/c26-18-7-15-8-23(24(18)33)38(35,36)29-21-9-17(19(27)10-20(21)28)16-3-1-2-4-22(16)37-6-5-30(25(15)34)11-14(12-31)13-32/h1-4,7-10,12,14,29,32-33H,5-6,11,13H2. The van der Waals surface area contributed by atoms with E-state index in [1.807, 2.05) is 4.72 Å². The second-order valence-electron chi connectivity index (χ2n) is 8.40. The van der Waals surface area contributed by atoms with Crippen molar-refractivity contribution in [1.82, 2.24) is 4.90 Å². The Hall–Kier alpha value is -3.74. The number of aldehydes is 1. The van der Waals surface area contributed by atoms with Gasteiger partial charge in [-0.05, 0) is 24.3 Å². The number of halogens is 3. The molecule has 3 N–H and O–H groups in total. The van der Waals surface area contributed by atoms with Crippen molar-refractivity contribution in [3.63, 3.8) is 0 Å². The van der Waals surface area contributed by atoms with Gasteiger partial charge in [0.05, 0.1) is 29.8 Å². The Bertz CT molecular complexity index is 1520. The van der Waals surface area contributed by atoms with E-state index in [1.165, 1.54) is 12.1 Å². The summed E-state index contributed by atoms with van der Waals surface area (Å²) in [5.74, 6) is -4.70. The molecule has 13 heteroatoms. The zero-order valence-electron chi connectivity index (χ0n) is 19.5. The van der Waals surface area contributed by atoms with E-state index in [1.54, 1.807) is 12.1 Å². The number of hydrogen-bond acceptors (Lipinski definition) is 7. The molecule has 0 fully saturated rings. The maximum Gasteiger partial charge on any atom is 0.265 e. The summed E-state index contributed by atoms with van der Waals surface area (Å²) in [6.07, 6.45) is 0.465. The van der Waals surface area contributed by atoms with Crippen LogP contribution in [0.4, 0.5) is 14.5 Å². The van der Waals surface area contributed by atoms with Gasteiger partial charge in [0.25, 0.3) is 15.9 Å². The fourth-order valence-corrected chi connectivity index (χ4v) is 5.38. The van der Waals surface area contributed by atoms with E-state index >= 15 is 0 Å². The zero-order chi connectivity index (χ0) is 27.6. The maximum absolute atomic E-state index is 14.9. The van der Waals surface area contributed by atoms with Crippen molar-refractivity contribution in [1.29, 1.82) is 0 Å². The number of amides is 1. The molecule has 0 aromatic heterocycles. The van der Waals surface area contributed by atoms with Crippen molar-refractivity contribution < 1.29 is 41.7 Å². The molecule has 3 aromatic carbocycles. The average molecular weight is 567 g/mol. The van der Waals surface area contributed by atoms with Gasteiger partial charge in [-0.15, -0.1) is 0 Å². The lowest BCUT2D eigenvalue weighted by molar-refractivity contribution is -0.112. The Kier molecular flexibility index (Phi) is 7.86. The van der Waals surface area contributed by atoms with Crippen LogP contribution in [0.25, 0.3) is 11.1 Å². The monoisotopic (exact) mass is 566 g/mol. The number of hydrogen-bond donors (Lipinski definition) is 3. The van der Waals surface area contributed by atoms with Gasteiger partial charge < -0.3 is 24.6 Å². The molecule has 1 unspecified atom stereocenters. The first-order valence-corrected chi connectivity index (χ1v) is 13.0. The van der Waals surface area contributed by atoms with Crippen LogP contribution < -0.4 is 9.46 Å². The Morgan fingerprint density at radius 1 is 1.13 bits per heavy atom. The van der Waals surface area contributed by atoms with Gasteiger partial charge >= 0.3 is 0 Å². The minimum absolute atomic E-state index is 0.131. The number of para-hydroxylation sites is 1. The summed E-state index contributed by atoms with van der Waals surface area (Å²) >= 11 is 6.03. The number of aromatic hydroxyl groups is 1. The van der Waals surface area contributed by atoms with E-state index in [0.29, 0.717) is 12.4 Å². The number of nitrogens with one attached hydrogen (secondary N) is 1. The highest BCUT2D eigenvalue weighted by Crippen LogP contribution is 2.37. The molecule has 38 heavy (non-hydrogen) atoms. The van der Waals surface area contributed by atoms with Crippen LogP contribution in [0, 0.1) is 17.6 Å². The molecule has 0 saturated heterocycles. The van der Waals surface area contributed by atoms with E-state index in [0.717, 1.165) is 23.1 Å². The Labute approximate surface area is 221 Å². The lowest BCUT2D eigenvalue weighted by atomic mass is 10.0. The first-order valence-electron chi connectivity index (χ1n) is 11.2. The number of sulfonamides is 1. The van der Waals surface area contributed by atoms with Crippen LogP contribution in [0.3, 0.4) is 0 Å². The number of aliphatic hydroxyl groups is 1. The lowest BCUT2D eigenvalue weighted by Crippen LogP contribution is -2.39. The molecule has 1 amide bonds. The van der Waals surface area contributed by atoms with Gasteiger partial charge in [0, 0.05) is 29.3 Å². The summed E-state index contributed by atoms with van der Waals surface area (Å²) in [4.78, 5) is 25.1. The number of phenolic OH excluding ortho intramolecular Hbond substituents is 1. The van der Waals surface area contributed by atoms with Crippen LogP contribution in [0.5, 0.6) is 11.5 Å². The van der Waals surface area contributed by atoms with Gasteiger partial charge in [0.1, 0.15) is 35.2 Å². The van der Waals surface area contributed by atoms with Gasteiger partial charge in [-0.2, -0.15) is 0 Å². The van der Waals surface area contributed by atoms with Crippen molar-refractivity contribution >= 4 is 39.5 Å². The molecule has 0 radical (unpaired) electrons. The fraction of sp³-hybridized carbons (Fsp3) is 0.200. The third-order valence-electron chi connectivity index (χ3n) is 5.83. The van der Waals surface area contributed by atoms with Gasteiger partial charge in [-0.1, -0.05) is 29.8 Å². The number of anilines is 1. The SMILES string of the molecule is O=CC(CO)CN1CCOc2ccccc2-c2cc(c(F)cc2F)NS(=O)(=O)c2cc(cc(Cl)c2O)C1=O. The molecule has 0 saturated carbocycles. The fourth-order valence-electron chi connectivity index (χ4n) is 3.90. The minimum atomic E-state index is -4.76. The van der Waals surface area contributed by atoms with Gasteiger partial charge in [-0.25, -0.2) is 17.2 Å². The molecular formula is C25H21ClF2N2O7S. The molecule has 0 spiro atoms. The molecule has 1 aliphatic heterocycles. The van der Waals surface area contributed by atoms with Crippen molar-refractivity contribution in [3.8, 4) is 22.6 Å². The smallest absolute Gasteiger partial charge is 0.265 e. The average Bonchev–Trinajstić information content (AvgIpc) is 2.88. The van der Waals surface area contributed by atoms with Crippen molar-refractivity contribution in [2.24, 2.45) is 5.92 Å². The van der Waals surface area contributed by atoms with Crippen molar-refractivity contribution in [2.45, 2.75) is 4.90 Å². The Morgan fingerprint density at radius 2 is 1.87 bits per heavy atom. The lowest BCUT2D eigenvalue weighted by Gasteiger charge is -2.25. The summed E-state index contributed by atoms with van der Waals surface area (Å²) in [6.45, 7) is -1.08. The first kappa shape index (κ1) is 27.3. The maximum atomic E-state index is 14.9. The molecule has 4 rings (SSSR count). The Morgan fingerprint density at radius 3 is 2.58 bits per heavy atom. The summed E-state index contributed by atoms with van der Waals surface area (Å²) in [5.41, 5.74) is -0.909. The summed E-state index contributed by atoms with van der Waals surface area (Å²) in [5, 5.41) is 19.4. The first-order chi connectivity index (χ1) is 18.1. The van der Waals surface area contributed by atoms with Crippen LogP contribution in [0.15, 0.2) is 53.4 Å². The molecule has 3 aromatic rings. The predicted molar refractivity (Wildman–Crippen MR) is 134 cm³/mol. The van der Waals surface area contributed by atoms with E-state index < -0.39 is 61.4 Å². The quantitative estimate of drug-likeness (QED) is 0.412. The van der Waals surface area contributed by atoms with Gasteiger partial charge in [-0.3, -0.25) is 9.52 Å². The number of nitrogens with zero attached hydrogens (tertiary/aromatic N) is 1. The van der Waals surface area contributed by atoms with E-state index in [4.69, 9.17) is 16.3 Å². The number of rotatable bonds is 4. The number of ether oxygens (including phenoxy) is 1. The number of carbonyl (C=O) groups is 2. The van der Waals surface area contributed by atoms with E-state index in [-0.39, 0.29) is 42.1 Å². The molecule has 200 valence electrons. The third-order valence-corrected chi connectivity index (χ3v) is 7.50. The van der Waals surface area contributed by atoms with Crippen LogP contribution in [0.1, 0.15) is 10.4 Å². The summed E-state index contributed by atoms with van der Waals surface area (Å²) in [6, 6.07) is 9.48. The van der Waals surface area contributed by atoms with Crippen LogP contribution in [-0.2, 0) is 14.8 Å². The highest BCUT2D eigenvalue weighted by atomic mass is 35.5. The van der Waals surface area contributed by atoms with Gasteiger partial charge in [0.2, 0.25) is 0 Å². The third kappa shape index (κ3) is 5.42. The van der Waals surface area contributed by atoms with Gasteiger partial charge in [0.15, 0.2) is 5.75 Å². The summed E-state index contributed by atoms with van der Waals surface area (Å²) in [7, 11) is -4.76. The molecule has 9 nitrogen and oxygen atoms in total. The van der Waals surface area contributed by atoms with E-state index in [9.17, 15) is 37.0 Å². The highest BCUT2D eigenvalue weighted by molar-refractivity contribution is 7.92. The Balaban J connectivity index is 1.93. The minimum Gasteiger partial charge on any atom is -0.505 e. The number of carbonyl (C=O) groups excluding carboxylic acids is 2. The van der Waals surface area contributed by atoms with Crippen molar-refractivity contribution in [3.05, 3.63) is 70.8 Å². The normalized spacial score (nSPS) is 15.8. The number of phenols is 1. The summed E-state index contributed by atoms with van der Waals surface area (Å²) < 4.78 is 63.7. The topological polar surface area (TPSA) is 133 Å². The second kappa shape index (κ2) is 10.9. The van der Waals surface area contributed by atoms with Crippen LogP contribution >= 0.6 is 11.6 Å². The van der Waals surface area contributed by atoms with Crippen molar-refractivity contribution in [2.75, 3.05) is 31.0 Å². The molecule has 4 bridgehead atoms. The molecule has 1 atom stereocenters. The molecule has 1 heterocycles.